The van der Waals surface area contributed by atoms with E-state index in [0.29, 0.717) is 11.1 Å². The molecule has 6 heteroatoms. The average molecular weight is 330 g/mol. The zero-order chi connectivity index (χ0) is 15.8. The molecule has 1 fully saturated rings. The van der Waals surface area contributed by atoms with Crippen LogP contribution in [0.4, 0.5) is 0 Å². The van der Waals surface area contributed by atoms with E-state index in [4.69, 9.17) is 10.7 Å². The Bertz CT molecular complexity index is 673. The zero-order valence-electron chi connectivity index (χ0n) is 12.5. The van der Waals surface area contributed by atoms with Gasteiger partial charge in [-0.2, -0.15) is 0 Å². The lowest BCUT2D eigenvalue weighted by atomic mass is 9.74. The molecule has 1 aliphatic carbocycles. The zero-order valence-corrected chi connectivity index (χ0v) is 14.1. The number of nitrogens with one attached hydrogen (secondary N) is 1. The van der Waals surface area contributed by atoms with Gasteiger partial charge in [0, 0.05) is 21.8 Å². The number of halogens is 1. The summed E-state index contributed by atoms with van der Waals surface area (Å²) in [7, 11) is 1.59. The standard InChI is InChI=1S/C15H20ClNO3S/c1-4-15(6-5-7-15)17-14(18)12-8-10(2)11(3)13(9-12)21(16,19)20/h8-9H,4-7H2,1-3H3,(H,17,18). The van der Waals surface area contributed by atoms with E-state index in [2.05, 4.69) is 12.2 Å². The largest absolute Gasteiger partial charge is 0.347 e. The molecule has 2 rings (SSSR count). The molecule has 1 aromatic carbocycles. The summed E-state index contributed by atoms with van der Waals surface area (Å²) >= 11 is 0. The fraction of sp³-hybridized carbons (Fsp3) is 0.533. The summed E-state index contributed by atoms with van der Waals surface area (Å²) in [5, 5.41) is 3.04. The van der Waals surface area contributed by atoms with Gasteiger partial charge in [0.1, 0.15) is 0 Å². The highest BCUT2D eigenvalue weighted by Crippen LogP contribution is 2.35. The number of aryl methyl sites for hydroxylation is 1. The van der Waals surface area contributed by atoms with Gasteiger partial charge in [0.25, 0.3) is 15.0 Å². The molecule has 0 atom stereocenters. The van der Waals surface area contributed by atoms with E-state index in [9.17, 15) is 13.2 Å². The molecule has 1 amide bonds. The monoisotopic (exact) mass is 329 g/mol. The van der Waals surface area contributed by atoms with Crippen LogP contribution in [0.25, 0.3) is 0 Å². The predicted molar refractivity (Wildman–Crippen MR) is 83.3 cm³/mol. The van der Waals surface area contributed by atoms with Gasteiger partial charge in [-0.25, -0.2) is 8.42 Å². The highest BCUT2D eigenvalue weighted by molar-refractivity contribution is 8.13. The molecule has 1 saturated carbocycles. The van der Waals surface area contributed by atoms with Gasteiger partial charge in [-0.05, 0) is 62.8 Å². The molecule has 0 spiro atoms. The van der Waals surface area contributed by atoms with Gasteiger partial charge >= 0.3 is 0 Å². The minimum Gasteiger partial charge on any atom is -0.347 e. The van der Waals surface area contributed by atoms with Crippen LogP contribution in [0, 0.1) is 13.8 Å². The molecule has 116 valence electrons. The van der Waals surface area contributed by atoms with E-state index in [1.165, 1.54) is 6.07 Å². The van der Waals surface area contributed by atoms with Gasteiger partial charge in [0.15, 0.2) is 0 Å². The summed E-state index contributed by atoms with van der Waals surface area (Å²) < 4.78 is 23.2. The van der Waals surface area contributed by atoms with Crippen molar-refractivity contribution in [3.8, 4) is 0 Å². The highest BCUT2D eigenvalue weighted by atomic mass is 35.7. The van der Waals surface area contributed by atoms with Gasteiger partial charge < -0.3 is 5.32 Å². The molecule has 1 aromatic rings. The first-order chi connectivity index (χ1) is 9.68. The Balaban J connectivity index is 2.36. The molecular formula is C15H20ClNO3S. The lowest BCUT2D eigenvalue weighted by Gasteiger charge is -2.42. The van der Waals surface area contributed by atoms with Crippen LogP contribution < -0.4 is 5.32 Å². The van der Waals surface area contributed by atoms with Crippen molar-refractivity contribution in [1.82, 2.24) is 5.32 Å². The van der Waals surface area contributed by atoms with Gasteiger partial charge in [0.05, 0.1) is 4.90 Å². The molecular weight excluding hydrogens is 310 g/mol. The summed E-state index contributed by atoms with van der Waals surface area (Å²) in [6.07, 6.45) is 3.94. The van der Waals surface area contributed by atoms with E-state index in [-0.39, 0.29) is 16.3 Å². The molecule has 4 nitrogen and oxygen atoms in total. The van der Waals surface area contributed by atoms with E-state index in [1.54, 1.807) is 19.9 Å². The number of hydrogen-bond acceptors (Lipinski definition) is 3. The molecule has 0 unspecified atom stereocenters. The number of carbonyl (C=O) groups excluding carboxylic acids is 1. The van der Waals surface area contributed by atoms with Crippen molar-refractivity contribution in [2.24, 2.45) is 0 Å². The fourth-order valence-electron chi connectivity index (χ4n) is 2.69. The number of benzene rings is 1. The van der Waals surface area contributed by atoms with E-state index < -0.39 is 9.05 Å². The fourth-order valence-corrected chi connectivity index (χ4v) is 3.97. The first-order valence-electron chi connectivity index (χ1n) is 7.07. The van der Waals surface area contributed by atoms with Gasteiger partial charge in [-0.15, -0.1) is 0 Å². The van der Waals surface area contributed by atoms with Crippen molar-refractivity contribution in [3.63, 3.8) is 0 Å². The smallest absolute Gasteiger partial charge is 0.261 e. The van der Waals surface area contributed by atoms with Crippen LogP contribution in [0.5, 0.6) is 0 Å². The maximum absolute atomic E-state index is 12.4. The third-order valence-electron chi connectivity index (χ3n) is 4.51. The van der Waals surface area contributed by atoms with Crippen LogP contribution >= 0.6 is 10.7 Å². The van der Waals surface area contributed by atoms with Crippen LogP contribution in [0.3, 0.4) is 0 Å². The maximum atomic E-state index is 12.4. The lowest BCUT2D eigenvalue weighted by molar-refractivity contribution is 0.0820. The van der Waals surface area contributed by atoms with Gasteiger partial charge in [-0.1, -0.05) is 6.92 Å². The first kappa shape index (κ1) is 16.3. The Hall–Kier alpha value is -1.07. The average Bonchev–Trinajstić information content (AvgIpc) is 2.35. The number of carbonyl (C=O) groups is 1. The van der Waals surface area contributed by atoms with Crippen molar-refractivity contribution in [1.29, 1.82) is 0 Å². The maximum Gasteiger partial charge on any atom is 0.261 e. The predicted octanol–water partition coefficient (Wildman–Crippen LogP) is 3.29. The molecule has 1 aliphatic rings. The molecule has 0 heterocycles. The summed E-state index contributed by atoms with van der Waals surface area (Å²) in [6, 6.07) is 3.07. The summed E-state index contributed by atoms with van der Waals surface area (Å²) in [5.41, 5.74) is 1.53. The third kappa shape index (κ3) is 3.24. The number of hydrogen-bond donors (Lipinski definition) is 1. The molecule has 1 N–H and O–H groups in total. The van der Waals surface area contributed by atoms with Crippen molar-refractivity contribution in [3.05, 3.63) is 28.8 Å². The summed E-state index contributed by atoms with van der Waals surface area (Å²) in [6.45, 7) is 5.51. The Morgan fingerprint density at radius 3 is 2.38 bits per heavy atom. The van der Waals surface area contributed by atoms with Crippen molar-refractivity contribution < 1.29 is 13.2 Å². The normalized spacial score (nSPS) is 17.1. The molecule has 0 bridgehead atoms. The molecule has 21 heavy (non-hydrogen) atoms. The Morgan fingerprint density at radius 1 is 1.33 bits per heavy atom. The van der Waals surface area contributed by atoms with E-state index in [1.807, 2.05) is 0 Å². The summed E-state index contributed by atoms with van der Waals surface area (Å²) in [4.78, 5) is 12.4. The minimum atomic E-state index is -3.86. The first-order valence-corrected chi connectivity index (χ1v) is 9.38. The Labute approximate surface area is 130 Å². The molecule has 0 saturated heterocycles. The SMILES string of the molecule is CCC1(NC(=O)c2cc(C)c(C)c(S(=O)(=O)Cl)c2)CCC1. The minimum absolute atomic E-state index is 0.00785. The van der Waals surface area contributed by atoms with Crippen LogP contribution in [-0.4, -0.2) is 19.9 Å². The molecule has 0 radical (unpaired) electrons. The Kier molecular flexibility index (Phi) is 4.36. The third-order valence-corrected chi connectivity index (χ3v) is 5.96. The lowest BCUT2D eigenvalue weighted by Crippen LogP contribution is -2.53. The van der Waals surface area contributed by atoms with Crippen molar-refractivity contribution in [2.75, 3.05) is 0 Å². The summed E-state index contributed by atoms with van der Waals surface area (Å²) in [5.74, 6) is -0.235. The number of rotatable bonds is 4. The second-order valence-electron chi connectivity index (χ2n) is 5.80. The quantitative estimate of drug-likeness (QED) is 0.862. The molecule has 0 aliphatic heterocycles. The van der Waals surface area contributed by atoms with Crippen molar-refractivity contribution >= 4 is 25.6 Å². The second kappa shape index (κ2) is 5.61. The number of amides is 1. The van der Waals surface area contributed by atoms with Gasteiger partial charge in [0.2, 0.25) is 0 Å². The van der Waals surface area contributed by atoms with Crippen LogP contribution in [-0.2, 0) is 9.05 Å². The van der Waals surface area contributed by atoms with Crippen molar-refractivity contribution in [2.45, 2.75) is 56.9 Å². The molecule has 0 aromatic heterocycles. The second-order valence-corrected chi connectivity index (χ2v) is 8.33. The van der Waals surface area contributed by atoms with E-state index >= 15 is 0 Å². The van der Waals surface area contributed by atoms with E-state index in [0.717, 1.165) is 31.2 Å². The van der Waals surface area contributed by atoms with Gasteiger partial charge in [-0.3, -0.25) is 4.79 Å². The van der Waals surface area contributed by atoms with Crippen LogP contribution in [0.15, 0.2) is 17.0 Å². The Morgan fingerprint density at radius 2 is 1.95 bits per heavy atom. The highest BCUT2D eigenvalue weighted by Gasteiger charge is 2.36. The topological polar surface area (TPSA) is 63.2 Å². The van der Waals surface area contributed by atoms with Crippen LogP contribution in [0.1, 0.15) is 54.1 Å². The van der Waals surface area contributed by atoms with Crippen LogP contribution in [0.2, 0.25) is 0 Å².